The minimum absolute atomic E-state index is 0.824. The highest BCUT2D eigenvalue weighted by Gasteiger charge is 2.08. The molecule has 0 aliphatic carbocycles. The van der Waals surface area contributed by atoms with Crippen LogP contribution in [0, 0.1) is 6.92 Å². The van der Waals surface area contributed by atoms with Crippen LogP contribution >= 0.6 is 0 Å². The summed E-state index contributed by atoms with van der Waals surface area (Å²) in [6.45, 7) is 2.06. The smallest absolute Gasteiger partial charge is 0.116 e. The zero-order valence-corrected chi connectivity index (χ0v) is 12.4. The van der Waals surface area contributed by atoms with Crippen molar-refractivity contribution in [1.82, 2.24) is 4.98 Å². The highest BCUT2D eigenvalue weighted by molar-refractivity contribution is 6.11. The molecule has 0 fully saturated rings. The number of aromatic nitrogens is 1. The number of hydrazone groups is 1. The summed E-state index contributed by atoms with van der Waals surface area (Å²) in [7, 11) is 0. The summed E-state index contributed by atoms with van der Waals surface area (Å²) in [6.07, 6.45) is 1.78. The van der Waals surface area contributed by atoms with Gasteiger partial charge in [-0.05, 0) is 30.7 Å². The first-order chi connectivity index (χ1) is 10.8. The van der Waals surface area contributed by atoms with Gasteiger partial charge in [0, 0.05) is 11.8 Å². The topological polar surface area (TPSA) is 37.3 Å². The van der Waals surface area contributed by atoms with Crippen molar-refractivity contribution in [3.8, 4) is 0 Å². The van der Waals surface area contributed by atoms with Crippen molar-refractivity contribution in [2.75, 3.05) is 5.43 Å². The molecule has 2 aromatic carbocycles. The lowest BCUT2D eigenvalue weighted by atomic mass is 10.1. The quantitative estimate of drug-likeness (QED) is 0.575. The number of rotatable bonds is 4. The Bertz CT molecular complexity index is 723. The number of anilines is 1. The summed E-state index contributed by atoms with van der Waals surface area (Å²) in [4.78, 5) is 4.42. The van der Waals surface area contributed by atoms with E-state index in [0.717, 1.165) is 28.2 Å². The van der Waals surface area contributed by atoms with Gasteiger partial charge in [0.1, 0.15) is 5.71 Å². The maximum absolute atomic E-state index is 4.60. The van der Waals surface area contributed by atoms with Gasteiger partial charge in [0.25, 0.3) is 0 Å². The normalized spacial score (nSPS) is 11.2. The second-order valence-electron chi connectivity index (χ2n) is 4.97. The first-order valence-corrected chi connectivity index (χ1v) is 7.21. The fraction of sp³-hybridized carbons (Fsp3) is 0.0526. The van der Waals surface area contributed by atoms with E-state index in [1.807, 2.05) is 66.7 Å². The number of para-hydroxylation sites is 1. The monoisotopic (exact) mass is 287 g/mol. The van der Waals surface area contributed by atoms with Gasteiger partial charge in [0.15, 0.2) is 0 Å². The molecule has 1 heterocycles. The summed E-state index contributed by atoms with van der Waals surface area (Å²) in [5, 5.41) is 4.60. The van der Waals surface area contributed by atoms with Crippen LogP contribution in [-0.4, -0.2) is 10.7 Å². The lowest BCUT2D eigenvalue weighted by Crippen LogP contribution is -2.08. The fourth-order valence-electron chi connectivity index (χ4n) is 2.18. The number of nitrogens with one attached hydrogen (secondary N) is 1. The Balaban J connectivity index is 1.99. The summed E-state index contributed by atoms with van der Waals surface area (Å²) in [5.74, 6) is 0. The highest BCUT2D eigenvalue weighted by Crippen LogP contribution is 2.15. The Morgan fingerprint density at radius 1 is 0.864 bits per heavy atom. The first kappa shape index (κ1) is 14.0. The SMILES string of the molecule is Cc1ccccc1N/N=C(/c1ccccc1)c1ccccn1. The molecular weight excluding hydrogens is 270 g/mol. The third-order valence-corrected chi connectivity index (χ3v) is 3.39. The van der Waals surface area contributed by atoms with Crippen molar-refractivity contribution in [3.63, 3.8) is 0 Å². The van der Waals surface area contributed by atoms with Gasteiger partial charge < -0.3 is 0 Å². The van der Waals surface area contributed by atoms with Crippen LogP contribution in [0.3, 0.4) is 0 Å². The van der Waals surface area contributed by atoms with Crippen LogP contribution in [0.25, 0.3) is 0 Å². The molecule has 0 radical (unpaired) electrons. The van der Waals surface area contributed by atoms with Crippen molar-refractivity contribution in [2.45, 2.75) is 6.92 Å². The predicted octanol–water partition coefficient (Wildman–Crippen LogP) is 4.25. The molecule has 0 atom stereocenters. The zero-order chi connectivity index (χ0) is 15.2. The Hall–Kier alpha value is -2.94. The molecule has 0 bridgehead atoms. The van der Waals surface area contributed by atoms with E-state index in [4.69, 9.17) is 0 Å². The highest BCUT2D eigenvalue weighted by atomic mass is 15.3. The maximum Gasteiger partial charge on any atom is 0.116 e. The van der Waals surface area contributed by atoms with Crippen LogP contribution in [0.1, 0.15) is 16.8 Å². The van der Waals surface area contributed by atoms with E-state index in [0.29, 0.717) is 0 Å². The fourth-order valence-corrected chi connectivity index (χ4v) is 2.18. The second kappa shape index (κ2) is 6.68. The number of benzene rings is 2. The van der Waals surface area contributed by atoms with Crippen molar-refractivity contribution >= 4 is 11.4 Å². The van der Waals surface area contributed by atoms with Gasteiger partial charge in [-0.25, -0.2) is 0 Å². The number of nitrogens with zero attached hydrogens (tertiary/aromatic N) is 2. The van der Waals surface area contributed by atoms with Crippen molar-refractivity contribution in [1.29, 1.82) is 0 Å². The molecule has 3 rings (SSSR count). The third kappa shape index (κ3) is 3.20. The van der Waals surface area contributed by atoms with Crippen LogP contribution in [0.5, 0.6) is 0 Å². The van der Waals surface area contributed by atoms with Gasteiger partial charge in [-0.1, -0.05) is 54.6 Å². The summed E-state index contributed by atoms with van der Waals surface area (Å²) >= 11 is 0. The Labute approximate surface area is 130 Å². The largest absolute Gasteiger partial charge is 0.278 e. The number of hydrogen-bond acceptors (Lipinski definition) is 3. The molecule has 0 saturated carbocycles. The molecule has 22 heavy (non-hydrogen) atoms. The minimum Gasteiger partial charge on any atom is -0.278 e. The van der Waals surface area contributed by atoms with E-state index >= 15 is 0 Å². The molecule has 3 nitrogen and oxygen atoms in total. The van der Waals surface area contributed by atoms with Gasteiger partial charge in [-0.3, -0.25) is 10.4 Å². The van der Waals surface area contributed by atoms with Gasteiger partial charge in [-0.15, -0.1) is 0 Å². The molecule has 0 aliphatic heterocycles. The standard InChI is InChI=1S/C19H17N3/c1-15-9-5-6-12-17(15)21-22-19(16-10-3-2-4-11-16)18-13-7-8-14-20-18/h2-14,21H,1H3/b22-19-. The Morgan fingerprint density at radius 3 is 2.32 bits per heavy atom. The van der Waals surface area contributed by atoms with Gasteiger partial charge in [0.2, 0.25) is 0 Å². The van der Waals surface area contributed by atoms with E-state index in [1.54, 1.807) is 6.20 Å². The molecule has 1 N–H and O–H groups in total. The summed E-state index contributed by atoms with van der Waals surface area (Å²) in [5.41, 5.74) is 8.00. The van der Waals surface area contributed by atoms with Crippen molar-refractivity contribution in [3.05, 3.63) is 95.8 Å². The molecule has 108 valence electrons. The maximum atomic E-state index is 4.60. The molecule has 0 aliphatic rings. The van der Waals surface area contributed by atoms with Crippen LogP contribution in [0.4, 0.5) is 5.69 Å². The molecule has 0 saturated heterocycles. The summed E-state index contributed by atoms with van der Waals surface area (Å²) < 4.78 is 0. The Morgan fingerprint density at radius 2 is 1.59 bits per heavy atom. The molecule has 0 amide bonds. The van der Waals surface area contributed by atoms with E-state index < -0.39 is 0 Å². The van der Waals surface area contributed by atoms with Gasteiger partial charge in [-0.2, -0.15) is 5.10 Å². The molecule has 3 heteroatoms. The van der Waals surface area contributed by atoms with E-state index in [1.165, 1.54) is 0 Å². The average Bonchev–Trinajstić information content (AvgIpc) is 2.59. The van der Waals surface area contributed by atoms with Crippen LogP contribution in [-0.2, 0) is 0 Å². The second-order valence-corrected chi connectivity index (χ2v) is 4.97. The number of hydrogen-bond donors (Lipinski definition) is 1. The molecule has 0 unspecified atom stereocenters. The van der Waals surface area contributed by atoms with Crippen LogP contribution in [0.2, 0.25) is 0 Å². The average molecular weight is 287 g/mol. The van der Waals surface area contributed by atoms with Crippen LogP contribution < -0.4 is 5.43 Å². The summed E-state index contributed by atoms with van der Waals surface area (Å²) in [6, 6.07) is 24.0. The van der Waals surface area contributed by atoms with Crippen molar-refractivity contribution < 1.29 is 0 Å². The minimum atomic E-state index is 0.824. The lowest BCUT2D eigenvalue weighted by molar-refractivity contribution is 1.24. The Kier molecular flexibility index (Phi) is 4.25. The van der Waals surface area contributed by atoms with Gasteiger partial charge >= 0.3 is 0 Å². The lowest BCUT2D eigenvalue weighted by Gasteiger charge is -2.09. The third-order valence-electron chi connectivity index (χ3n) is 3.39. The first-order valence-electron chi connectivity index (χ1n) is 7.21. The van der Waals surface area contributed by atoms with Crippen molar-refractivity contribution in [2.24, 2.45) is 5.10 Å². The van der Waals surface area contributed by atoms with Gasteiger partial charge in [0.05, 0.1) is 11.4 Å². The molecule has 0 spiro atoms. The van der Waals surface area contributed by atoms with E-state index in [2.05, 4.69) is 28.5 Å². The molecular formula is C19H17N3. The zero-order valence-electron chi connectivity index (χ0n) is 12.4. The van der Waals surface area contributed by atoms with E-state index in [-0.39, 0.29) is 0 Å². The molecule has 3 aromatic rings. The van der Waals surface area contributed by atoms with Crippen LogP contribution in [0.15, 0.2) is 84.1 Å². The molecule has 1 aromatic heterocycles. The number of pyridine rings is 1. The van der Waals surface area contributed by atoms with E-state index in [9.17, 15) is 0 Å². The predicted molar refractivity (Wildman–Crippen MR) is 91.1 cm³/mol. The number of aryl methyl sites for hydroxylation is 1.